The molecule has 0 saturated carbocycles. The van der Waals surface area contributed by atoms with Crippen LogP contribution in [0, 0.1) is 5.92 Å². The molecule has 0 aromatic heterocycles. The van der Waals surface area contributed by atoms with Gasteiger partial charge in [-0.05, 0) is 80.4 Å². The highest BCUT2D eigenvalue weighted by atomic mass is 16.7. The average Bonchev–Trinajstić information content (AvgIpc) is 3.30. The quantitative estimate of drug-likeness (QED) is 0.613. The molecule has 1 atom stereocenters. The molecule has 5 heteroatoms. The third-order valence-corrected chi connectivity index (χ3v) is 6.63. The molecule has 5 nitrogen and oxygen atoms in total. The molecule has 5 rings (SSSR count). The van der Waals surface area contributed by atoms with Crippen LogP contribution in [0.2, 0.25) is 0 Å². The van der Waals surface area contributed by atoms with Gasteiger partial charge in [-0.25, -0.2) is 0 Å². The van der Waals surface area contributed by atoms with E-state index in [1.807, 2.05) is 36.4 Å². The number of nitrogens with zero attached hydrogens (tertiary/aromatic N) is 2. The van der Waals surface area contributed by atoms with E-state index < -0.39 is 0 Å². The Hall–Kier alpha value is -2.92. The van der Waals surface area contributed by atoms with Crippen LogP contribution in [0.5, 0.6) is 17.2 Å². The summed E-state index contributed by atoms with van der Waals surface area (Å²) in [6.45, 7) is 5.51. The van der Waals surface area contributed by atoms with Gasteiger partial charge >= 0.3 is 0 Å². The van der Waals surface area contributed by atoms with E-state index in [0.717, 1.165) is 62.4 Å². The molecule has 0 bridgehead atoms. The van der Waals surface area contributed by atoms with Gasteiger partial charge < -0.3 is 19.1 Å². The summed E-state index contributed by atoms with van der Waals surface area (Å²) in [7, 11) is 0. The van der Waals surface area contributed by atoms with Crippen LogP contribution in [-0.2, 0) is 6.42 Å². The van der Waals surface area contributed by atoms with Crippen molar-refractivity contribution in [3.63, 3.8) is 0 Å². The molecule has 1 saturated heterocycles. The lowest BCUT2D eigenvalue weighted by molar-refractivity contribution is 0.134. The van der Waals surface area contributed by atoms with Gasteiger partial charge in [0.15, 0.2) is 11.5 Å². The topological polar surface area (TPSA) is 34.2 Å². The van der Waals surface area contributed by atoms with Gasteiger partial charge in [0.1, 0.15) is 12.4 Å². The zero-order valence-corrected chi connectivity index (χ0v) is 18.6. The lowest BCUT2D eigenvalue weighted by atomic mass is 9.94. The van der Waals surface area contributed by atoms with Gasteiger partial charge in [-0.15, -0.1) is 0 Å². The summed E-state index contributed by atoms with van der Waals surface area (Å²) in [5.41, 5.74) is 1.29. The number of piperidine rings is 1. The second-order valence-electron chi connectivity index (χ2n) is 8.83. The molecule has 0 unspecified atom stereocenters. The third kappa shape index (κ3) is 5.28. The molecule has 1 fully saturated rings. The van der Waals surface area contributed by atoms with Crippen molar-refractivity contribution in [1.82, 2.24) is 9.80 Å². The molecule has 3 aliphatic heterocycles. The fraction of sp³-hybridized carbons (Fsp3) is 0.407. The Morgan fingerprint density at radius 3 is 2.66 bits per heavy atom. The largest absolute Gasteiger partial charge is 0.492 e. The van der Waals surface area contributed by atoms with Crippen LogP contribution in [0.25, 0.3) is 0 Å². The Bertz CT molecular complexity index is 935. The van der Waals surface area contributed by atoms with Crippen molar-refractivity contribution in [3.05, 3.63) is 78.5 Å². The summed E-state index contributed by atoms with van der Waals surface area (Å²) in [5.74, 6) is 3.41. The van der Waals surface area contributed by atoms with Crippen LogP contribution in [0.3, 0.4) is 0 Å². The fourth-order valence-corrected chi connectivity index (χ4v) is 4.76. The number of hydrogen-bond donors (Lipinski definition) is 0. The predicted molar refractivity (Wildman–Crippen MR) is 126 cm³/mol. The molecular weight excluding hydrogens is 400 g/mol. The first kappa shape index (κ1) is 21.0. The summed E-state index contributed by atoms with van der Waals surface area (Å²) >= 11 is 0. The number of benzene rings is 2. The van der Waals surface area contributed by atoms with Crippen LogP contribution < -0.4 is 14.2 Å². The number of rotatable bonds is 8. The van der Waals surface area contributed by atoms with Gasteiger partial charge in [0.25, 0.3) is 0 Å². The maximum Gasteiger partial charge on any atom is 0.231 e. The minimum atomic E-state index is 0.327. The Morgan fingerprint density at radius 1 is 0.938 bits per heavy atom. The Balaban J connectivity index is 1.08. The first-order valence-electron chi connectivity index (χ1n) is 11.7. The van der Waals surface area contributed by atoms with E-state index in [0.29, 0.717) is 12.8 Å². The second kappa shape index (κ2) is 10.1. The van der Waals surface area contributed by atoms with Crippen LogP contribution in [0.15, 0.2) is 73.0 Å². The molecule has 2 aromatic carbocycles. The number of hydrogen-bond acceptors (Lipinski definition) is 5. The molecule has 0 aliphatic carbocycles. The number of allylic oxidation sites excluding steroid dienone is 2. The molecule has 168 valence electrons. The average molecular weight is 433 g/mol. The van der Waals surface area contributed by atoms with Crippen LogP contribution in [0.1, 0.15) is 18.4 Å². The van der Waals surface area contributed by atoms with E-state index in [4.69, 9.17) is 14.2 Å². The van der Waals surface area contributed by atoms with Crippen LogP contribution in [-0.4, -0.2) is 55.4 Å². The van der Waals surface area contributed by atoms with Gasteiger partial charge in [0.05, 0.1) is 6.04 Å². The highest BCUT2D eigenvalue weighted by molar-refractivity contribution is 5.45. The second-order valence-corrected chi connectivity index (χ2v) is 8.83. The molecule has 32 heavy (non-hydrogen) atoms. The Kier molecular flexibility index (Phi) is 6.63. The lowest BCUT2D eigenvalue weighted by Crippen LogP contribution is -2.42. The van der Waals surface area contributed by atoms with Crippen molar-refractivity contribution < 1.29 is 14.2 Å². The number of likely N-dealkylation sites (tertiary alicyclic amines) is 1. The minimum absolute atomic E-state index is 0.327. The predicted octanol–water partition coefficient (Wildman–Crippen LogP) is 4.50. The highest BCUT2D eigenvalue weighted by Gasteiger charge is 2.24. The van der Waals surface area contributed by atoms with E-state index in [-0.39, 0.29) is 0 Å². The maximum absolute atomic E-state index is 5.87. The smallest absolute Gasteiger partial charge is 0.231 e. The zero-order valence-electron chi connectivity index (χ0n) is 18.6. The normalized spacial score (nSPS) is 20.6. The fourth-order valence-electron chi connectivity index (χ4n) is 4.76. The summed E-state index contributed by atoms with van der Waals surface area (Å²) < 4.78 is 16.9. The number of ether oxygens (including phenoxy) is 3. The van der Waals surface area contributed by atoms with Crippen molar-refractivity contribution in [2.75, 3.05) is 39.6 Å². The van der Waals surface area contributed by atoms with E-state index in [1.165, 1.54) is 18.4 Å². The third-order valence-electron chi connectivity index (χ3n) is 6.63. The molecule has 0 N–H and O–H groups in total. The van der Waals surface area contributed by atoms with Gasteiger partial charge in [-0.1, -0.05) is 36.4 Å². The standard InChI is InChI=1S/C27H32N2O3/c1-2-7-25(8-3-1)30-17-16-28-14-11-22(12-15-28)20-29-13-5-4-6-24(29)18-23-9-10-26-27(19-23)32-21-31-26/h1-10,13,19,22,24H,11-12,14-18,20-21H2/t24-/m0/s1. The number of fused-ring (bicyclic) bond motifs is 1. The van der Waals surface area contributed by atoms with Crippen LogP contribution in [0.4, 0.5) is 0 Å². The van der Waals surface area contributed by atoms with Gasteiger partial charge in [0.2, 0.25) is 6.79 Å². The lowest BCUT2D eigenvalue weighted by Gasteiger charge is -2.37. The Labute approximate surface area is 190 Å². The molecule has 0 amide bonds. The van der Waals surface area contributed by atoms with Gasteiger partial charge in [-0.2, -0.15) is 0 Å². The maximum atomic E-state index is 5.87. The molecule has 3 aliphatic rings. The SMILES string of the molecule is C1=C[C@@H](Cc2ccc3c(c2)OCO3)N(CC2CCN(CCOc3ccccc3)CC2)C=C1. The van der Waals surface area contributed by atoms with Crippen LogP contribution >= 0.6 is 0 Å². The van der Waals surface area contributed by atoms with E-state index in [1.54, 1.807) is 0 Å². The van der Waals surface area contributed by atoms with Gasteiger partial charge in [-0.3, -0.25) is 4.90 Å². The summed E-state index contributed by atoms with van der Waals surface area (Å²) in [4.78, 5) is 5.05. The van der Waals surface area contributed by atoms with E-state index >= 15 is 0 Å². The van der Waals surface area contributed by atoms with Crippen molar-refractivity contribution in [2.45, 2.75) is 25.3 Å². The van der Waals surface area contributed by atoms with E-state index in [2.05, 4.69) is 46.4 Å². The monoisotopic (exact) mass is 432 g/mol. The van der Waals surface area contributed by atoms with E-state index in [9.17, 15) is 0 Å². The summed E-state index contributed by atoms with van der Waals surface area (Å²) in [6, 6.07) is 16.8. The molecular formula is C27H32N2O3. The molecule has 2 aromatic rings. The minimum Gasteiger partial charge on any atom is -0.492 e. The molecule has 0 spiro atoms. The first-order valence-corrected chi connectivity index (χ1v) is 11.7. The molecule has 0 radical (unpaired) electrons. The summed E-state index contributed by atoms with van der Waals surface area (Å²) in [5, 5.41) is 0. The Morgan fingerprint density at radius 2 is 1.78 bits per heavy atom. The molecule has 3 heterocycles. The summed E-state index contributed by atoms with van der Waals surface area (Å²) in [6.07, 6.45) is 12.4. The van der Waals surface area contributed by atoms with Crippen molar-refractivity contribution in [3.8, 4) is 17.2 Å². The first-order chi connectivity index (χ1) is 15.8. The zero-order chi connectivity index (χ0) is 21.6. The number of para-hydroxylation sites is 1. The van der Waals surface area contributed by atoms with Crippen molar-refractivity contribution in [1.29, 1.82) is 0 Å². The van der Waals surface area contributed by atoms with Gasteiger partial charge in [0, 0.05) is 13.1 Å². The van der Waals surface area contributed by atoms with Crippen molar-refractivity contribution in [2.24, 2.45) is 5.92 Å². The van der Waals surface area contributed by atoms with Crippen molar-refractivity contribution >= 4 is 0 Å². The highest BCUT2D eigenvalue weighted by Crippen LogP contribution is 2.33.